The van der Waals surface area contributed by atoms with E-state index in [2.05, 4.69) is 9.97 Å². The van der Waals surface area contributed by atoms with Crippen LogP contribution >= 0.6 is 0 Å². The molecule has 16 heavy (non-hydrogen) atoms. The maximum absolute atomic E-state index is 11.5. The van der Waals surface area contributed by atoms with Gasteiger partial charge in [0.05, 0.1) is 5.56 Å². The number of nitrogens with zero attached hydrogens (tertiary/aromatic N) is 1. The molecule has 2 aromatic rings. The van der Waals surface area contributed by atoms with E-state index in [-0.39, 0.29) is 17.1 Å². The van der Waals surface area contributed by atoms with Gasteiger partial charge in [0, 0.05) is 5.56 Å². The lowest BCUT2D eigenvalue weighted by Gasteiger charge is -2.03. The predicted molar refractivity (Wildman–Crippen MR) is 61.1 cm³/mol. The number of aromatic amines is 1. The highest BCUT2D eigenvalue weighted by Crippen LogP contribution is 2.18. The number of anilines is 1. The number of aromatic nitrogens is 2. The number of hydrogen-bond donors (Lipinski definition) is 3. The van der Waals surface area contributed by atoms with Crippen molar-refractivity contribution in [2.45, 2.75) is 6.92 Å². The normalized spacial score (nSPS) is 10.3. The summed E-state index contributed by atoms with van der Waals surface area (Å²) >= 11 is 0. The Morgan fingerprint density at radius 3 is 2.50 bits per heavy atom. The second-order valence-corrected chi connectivity index (χ2v) is 3.47. The van der Waals surface area contributed by atoms with Crippen LogP contribution < -0.4 is 11.3 Å². The van der Waals surface area contributed by atoms with Gasteiger partial charge in [0.25, 0.3) is 5.56 Å². The molecule has 0 amide bonds. The smallest absolute Gasteiger partial charge is 0.256 e. The quantitative estimate of drug-likeness (QED) is 0.665. The van der Waals surface area contributed by atoms with Crippen LogP contribution in [0.4, 0.5) is 5.82 Å². The zero-order chi connectivity index (χ0) is 11.7. The molecule has 5 heteroatoms. The topological polar surface area (TPSA) is 92.0 Å². The molecule has 82 valence electrons. The zero-order valence-electron chi connectivity index (χ0n) is 8.69. The average molecular weight is 217 g/mol. The van der Waals surface area contributed by atoms with E-state index in [0.29, 0.717) is 17.0 Å². The Bertz CT molecular complexity index is 573. The fraction of sp³-hybridized carbons (Fsp3) is 0.0909. The molecular formula is C11H11N3O2. The van der Waals surface area contributed by atoms with Crippen LogP contribution in [0.2, 0.25) is 0 Å². The molecule has 1 aromatic heterocycles. The minimum Gasteiger partial charge on any atom is -0.508 e. The van der Waals surface area contributed by atoms with Crippen molar-refractivity contribution in [2.75, 3.05) is 5.73 Å². The van der Waals surface area contributed by atoms with Crippen LogP contribution in [0.5, 0.6) is 5.75 Å². The molecule has 0 saturated heterocycles. The van der Waals surface area contributed by atoms with Gasteiger partial charge in [-0.05, 0) is 31.2 Å². The zero-order valence-corrected chi connectivity index (χ0v) is 8.69. The molecule has 0 spiro atoms. The minimum absolute atomic E-state index is 0.159. The molecule has 1 heterocycles. The molecule has 0 radical (unpaired) electrons. The highest BCUT2D eigenvalue weighted by molar-refractivity contribution is 5.58. The molecule has 0 aliphatic heterocycles. The first-order valence-electron chi connectivity index (χ1n) is 4.73. The van der Waals surface area contributed by atoms with E-state index >= 15 is 0 Å². The van der Waals surface area contributed by atoms with Crippen molar-refractivity contribution in [3.8, 4) is 17.1 Å². The van der Waals surface area contributed by atoms with Crippen molar-refractivity contribution in [1.29, 1.82) is 0 Å². The Morgan fingerprint density at radius 1 is 1.31 bits per heavy atom. The number of aromatic hydroxyl groups is 1. The number of nitrogen functional groups attached to an aromatic ring is 1. The summed E-state index contributed by atoms with van der Waals surface area (Å²) in [6.45, 7) is 1.61. The number of phenolic OH excluding ortho intramolecular Hbond substituents is 1. The highest BCUT2D eigenvalue weighted by atomic mass is 16.3. The van der Waals surface area contributed by atoms with E-state index in [1.54, 1.807) is 19.1 Å². The lowest BCUT2D eigenvalue weighted by molar-refractivity contribution is 0.475. The van der Waals surface area contributed by atoms with Gasteiger partial charge in [-0.2, -0.15) is 0 Å². The molecule has 0 unspecified atom stereocenters. The second kappa shape index (κ2) is 3.69. The SMILES string of the molecule is Cc1c(N)nc(-c2ccc(O)cc2)[nH]c1=O. The van der Waals surface area contributed by atoms with Crippen LogP contribution in [0.1, 0.15) is 5.56 Å². The van der Waals surface area contributed by atoms with Crippen LogP contribution in [0.3, 0.4) is 0 Å². The Kier molecular flexibility index (Phi) is 2.36. The summed E-state index contributed by atoms with van der Waals surface area (Å²) < 4.78 is 0. The number of hydrogen-bond acceptors (Lipinski definition) is 4. The van der Waals surface area contributed by atoms with Gasteiger partial charge < -0.3 is 15.8 Å². The molecule has 2 rings (SSSR count). The maximum atomic E-state index is 11.5. The van der Waals surface area contributed by atoms with Crippen molar-refractivity contribution >= 4 is 5.82 Å². The fourth-order valence-electron chi connectivity index (χ4n) is 1.31. The molecule has 0 aliphatic rings. The average Bonchev–Trinajstić information content (AvgIpc) is 2.26. The summed E-state index contributed by atoms with van der Waals surface area (Å²) in [5.74, 6) is 0.770. The van der Waals surface area contributed by atoms with Gasteiger partial charge in [0.1, 0.15) is 17.4 Å². The lowest BCUT2D eigenvalue weighted by Crippen LogP contribution is -2.15. The summed E-state index contributed by atoms with van der Waals surface area (Å²) in [7, 11) is 0. The monoisotopic (exact) mass is 217 g/mol. The third kappa shape index (κ3) is 1.75. The summed E-state index contributed by atoms with van der Waals surface area (Å²) in [5, 5.41) is 9.14. The molecule has 0 fully saturated rings. The Hall–Kier alpha value is -2.30. The standard InChI is InChI=1S/C11H11N3O2/c1-6-9(12)13-10(14-11(6)16)7-2-4-8(15)5-3-7/h2-5,15H,1H3,(H3,12,13,14,16). The van der Waals surface area contributed by atoms with E-state index in [9.17, 15) is 4.79 Å². The summed E-state index contributed by atoms with van der Waals surface area (Å²) in [5.41, 5.74) is 6.46. The maximum Gasteiger partial charge on any atom is 0.256 e. The molecule has 0 bridgehead atoms. The third-order valence-corrected chi connectivity index (χ3v) is 2.33. The number of benzene rings is 1. The van der Waals surface area contributed by atoms with Gasteiger partial charge in [-0.1, -0.05) is 0 Å². The van der Waals surface area contributed by atoms with Gasteiger partial charge in [-0.3, -0.25) is 4.79 Å². The summed E-state index contributed by atoms with van der Waals surface area (Å²) in [6.07, 6.45) is 0. The van der Waals surface area contributed by atoms with E-state index < -0.39 is 0 Å². The first kappa shape index (κ1) is 10.2. The van der Waals surface area contributed by atoms with Crippen LogP contribution in [0.15, 0.2) is 29.1 Å². The van der Waals surface area contributed by atoms with Gasteiger partial charge in [0.2, 0.25) is 0 Å². The Morgan fingerprint density at radius 2 is 1.94 bits per heavy atom. The largest absolute Gasteiger partial charge is 0.508 e. The van der Waals surface area contributed by atoms with E-state index in [1.807, 2.05) is 0 Å². The van der Waals surface area contributed by atoms with Crippen LogP contribution in [0.25, 0.3) is 11.4 Å². The number of nitrogens with one attached hydrogen (secondary N) is 1. The van der Waals surface area contributed by atoms with Crippen LogP contribution in [-0.4, -0.2) is 15.1 Å². The molecule has 0 saturated carbocycles. The molecule has 5 nitrogen and oxygen atoms in total. The number of phenols is 1. The van der Waals surface area contributed by atoms with E-state index in [0.717, 1.165) is 0 Å². The molecule has 0 aliphatic carbocycles. The second-order valence-electron chi connectivity index (χ2n) is 3.47. The Balaban J connectivity index is 2.57. The Labute approximate surface area is 91.6 Å². The third-order valence-electron chi connectivity index (χ3n) is 2.33. The van der Waals surface area contributed by atoms with Crippen molar-refractivity contribution in [2.24, 2.45) is 0 Å². The van der Waals surface area contributed by atoms with Crippen molar-refractivity contribution in [3.63, 3.8) is 0 Å². The molecule has 1 aromatic carbocycles. The number of rotatable bonds is 1. The van der Waals surface area contributed by atoms with Gasteiger partial charge in [0.15, 0.2) is 0 Å². The summed E-state index contributed by atoms with van der Waals surface area (Å²) in [6, 6.07) is 6.35. The predicted octanol–water partition coefficient (Wildman–Crippen LogP) is 1.03. The van der Waals surface area contributed by atoms with Crippen LogP contribution in [0, 0.1) is 6.92 Å². The van der Waals surface area contributed by atoms with Gasteiger partial charge >= 0.3 is 0 Å². The lowest BCUT2D eigenvalue weighted by atomic mass is 10.2. The van der Waals surface area contributed by atoms with Crippen molar-refractivity contribution < 1.29 is 5.11 Å². The molecule has 4 N–H and O–H groups in total. The van der Waals surface area contributed by atoms with Gasteiger partial charge in [-0.15, -0.1) is 0 Å². The number of H-pyrrole nitrogens is 1. The summed E-state index contributed by atoms with van der Waals surface area (Å²) in [4.78, 5) is 18.2. The van der Waals surface area contributed by atoms with Crippen molar-refractivity contribution in [3.05, 3.63) is 40.2 Å². The van der Waals surface area contributed by atoms with Gasteiger partial charge in [-0.25, -0.2) is 4.98 Å². The highest BCUT2D eigenvalue weighted by Gasteiger charge is 2.06. The first-order chi connectivity index (χ1) is 7.58. The molecule has 0 atom stereocenters. The van der Waals surface area contributed by atoms with E-state index in [1.165, 1.54) is 12.1 Å². The van der Waals surface area contributed by atoms with E-state index in [4.69, 9.17) is 10.8 Å². The minimum atomic E-state index is -0.254. The van der Waals surface area contributed by atoms with Crippen molar-refractivity contribution in [1.82, 2.24) is 9.97 Å². The fourth-order valence-corrected chi connectivity index (χ4v) is 1.31. The number of nitrogens with two attached hydrogens (primary N) is 1. The first-order valence-corrected chi connectivity index (χ1v) is 4.73. The molecular weight excluding hydrogens is 206 g/mol. The van der Waals surface area contributed by atoms with Crippen LogP contribution in [-0.2, 0) is 0 Å².